The maximum atomic E-state index is 6.57. The smallest absolute Gasteiger partial charge is 0.354 e. The highest BCUT2D eigenvalue weighted by atomic mass is 16.5. The molecular weight excluding hydrogens is 435 g/mol. The highest BCUT2D eigenvalue weighted by Crippen LogP contribution is 2.56. The van der Waals surface area contributed by atoms with Crippen molar-refractivity contribution in [3.8, 4) is 0 Å². The van der Waals surface area contributed by atoms with Crippen LogP contribution < -0.4 is 14.4 Å². The van der Waals surface area contributed by atoms with Crippen LogP contribution in [0.25, 0.3) is 21.9 Å². The van der Waals surface area contributed by atoms with Gasteiger partial charge in [-0.2, -0.15) is 0 Å². The van der Waals surface area contributed by atoms with E-state index in [1.807, 2.05) is 0 Å². The van der Waals surface area contributed by atoms with Gasteiger partial charge in [-0.1, -0.05) is 62.2 Å². The topological polar surface area (TPSA) is 49.5 Å². The van der Waals surface area contributed by atoms with Gasteiger partial charge in [-0.05, 0) is 62.4 Å². The predicted octanol–water partition coefficient (Wildman–Crippen LogP) is 6.33. The van der Waals surface area contributed by atoms with E-state index in [1.54, 1.807) is 0 Å². The number of rotatable bonds is 6. The molecule has 0 aliphatic carbocycles. The third-order valence-corrected chi connectivity index (χ3v) is 9.23. The van der Waals surface area contributed by atoms with Gasteiger partial charge in [-0.15, -0.1) is 0 Å². The molecule has 2 unspecified atom stereocenters. The molecule has 1 saturated heterocycles. The fourth-order valence-corrected chi connectivity index (χ4v) is 6.68. The molecule has 0 N–H and O–H groups in total. The van der Waals surface area contributed by atoms with Gasteiger partial charge < -0.3 is 9.33 Å². The summed E-state index contributed by atoms with van der Waals surface area (Å²) in [5, 5.41) is 6.88. The van der Waals surface area contributed by atoms with Crippen LogP contribution in [0, 0.1) is 0 Å². The molecule has 2 aromatic heterocycles. The van der Waals surface area contributed by atoms with Gasteiger partial charge in [0.2, 0.25) is 0 Å². The fourth-order valence-electron chi connectivity index (χ4n) is 6.68. The van der Waals surface area contributed by atoms with Gasteiger partial charge in [0, 0.05) is 6.54 Å². The van der Waals surface area contributed by atoms with Gasteiger partial charge in [0.15, 0.2) is 22.5 Å². The summed E-state index contributed by atoms with van der Waals surface area (Å²) in [4.78, 5) is 5.06. The number of aryl methyl sites for hydroxylation is 1. The van der Waals surface area contributed by atoms with E-state index in [1.165, 1.54) is 29.6 Å². The largest absolute Gasteiger partial charge is 0.508 e. The normalized spacial score (nSPS) is 24.0. The third kappa shape index (κ3) is 2.96. The molecule has 0 radical (unpaired) electrons. The van der Waals surface area contributed by atoms with Crippen LogP contribution >= 0.6 is 0 Å². The van der Waals surface area contributed by atoms with E-state index < -0.39 is 0 Å². The monoisotopic (exact) mass is 471 g/mol. The van der Waals surface area contributed by atoms with Crippen LogP contribution in [-0.4, -0.2) is 25.2 Å². The third-order valence-electron chi connectivity index (χ3n) is 9.23. The molecule has 2 atom stereocenters. The van der Waals surface area contributed by atoms with E-state index in [9.17, 15) is 0 Å². The molecule has 4 aromatic rings. The SMILES string of the molecule is CCCCc1ccc2c(N3CCN4B3C(C)(CC)C(C)(CC)[n+]3oc5ccccc5c34)noc2c1. The molecule has 2 aliphatic heterocycles. The van der Waals surface area contributed by atoms with Crippen LogP contribution in [0.2, 0.25) is 5.31 Å². The highest BCUT2D eigenvalue weighted by Gasteiger charge is 2.71. The Bertz CT molecular complexity index is 1400. The van der Waals surface area contributed by atoms with Crippen LogP contribution in [0.5, 0.6) is 0 Å². The van der Waals surface area contributed by atoms with Crippen molar-refractivity contribution in [1.82, 2.24) is 5.16 Å². The number of aromatic nitrogens is 2. The number of nitrogens with zero attached hydrogens (tertiary/aromatic N) is 4. The maximum absolute atomic E-state index is 6.57. The first-order valence-corrected chi connectivity index (χ1v) is 13.3. The Balaban J connectivity index is 1.51. The minimum absolute atomic E-state index is 0.0733. The average Bonchev–Trinajstić information content (AvgIpc) is 3.60. The van der Waals surface area contributed by atoms with Crippen molar-refractivity contribution >= 4 is 40.6 Å². The van der Waals surface area contributed by atoms with Crippen molar-refractivity contribution in [3.63, 3.8) is 0 Å². The summed E-state index contributed by atoms with van der Waals surface area (Å²) < 4.78 is 14.7. The van der Waals surface area contributed by atoms with Crippen molar-refractivity contribution < 1.29 is 13.8 Å². The lowest BCUT2D eigenvalue weighted by Gasteiger charge is -2.48. The molecule has 0 amide bonds. The second kappa shape index (κ2) is 8.04. The number of anilines is 2. The van der Waals surface area contributed by atoms with Crippen molar-refractivity contribution in [2.75, 3.05) is 22.7 Å². The number of para-hydroxylation sites is 1. The summed E-state index contributed by atoms with van der Waals surface area (Å²) in [6, 6.07) is 15.1. The van der Waals surface area contributed by atoms with Crippen molar-refractivity contribution in [2.45, 2.75) is 77.6 Å². The molecule has 0 spiro atoms. The summed E-state index contributed by atoms with van der Waals surface area (Å²) in [5.41, 5.74) is 2.98. The minimum atomic E-state index is -0.188. The summed E-state index contributed by atoms with van der Waals surface area (Å²) in [6.07, 6.45) is 5.47. The molecular formula is C28H36BN4O2+. The zero-order valence-electron chi connectivity index (χ0n) is 21.7. The van der Waals surface area contributed by atoms with Crippen LogP contribution in [0.4, 0.5) is 11.6 Å². The minimum Gasteiger partial charge on any atom is -0.354 e. The van der Waals surface area contributed by atoms with Crippen LogP contribution in [0.15, 0.2) is 51.5 Å². The number of hydrogen-bond donors (Lipinski definition) is 0. The molecule has 1 fully saturated rings. The standard InChI is InChI=1S/C28H36BN4O2/c1-6-9-12-20-15-16-21-24(19-20)34-30-25(21)31-17-18-32-26-22-13-10-11-14-23(22)35-33(26)28(5,8-3)27(4,7-2)29(31)32/h10-11,13-16,19H,6-9,12,17-18H2,1-5H3/q+1. The summed E-state index contributed by atoms with van der Waals surface area (Å²) in [7, 11) is 0. The fraction of sp³-hybridized carbons (Fsp3) is 0.500. The highest BCUT2D eigenvalue weighted by molar-refractivity contribution is 6.72. The van der Waals surface area contributed by atoms with E-state index in [-0.39, 0.29) is 17.8 Å². The molecule has 4 heterocycles. The molecule has 2 aromatic carbocycles. The van der Waals surface area contributed by atoms with E-state index in [0.29, 0.717) is 0 Å². The quantitative estimate of drug-likeness (QED) is 0.243. The first-order chi connectivity index (χ1) is 17.0. The molecule has 182 valence electrons. The molecule has 35 heavy (non-hydrogen) atoms. The summed E-state index contributed by atoms with van der Waals surface area (Å²) in [5.74, 6) is 2.16. The van der Waals surface area contributed by atoms with Gasteiger partial charge in [0.1, 0.15) is 5.39 Å². The lowest BCUT2D eigenvalue weighted by atomic mass is 9.40. The van der Waals surface area contributed by atoms with Crippen LogP contribution in [-0.2, 0) is 12.0 Å². The Morgan fingerprint density at radius 1 is 0.971 bits per heavy atom. The first-order valence-electron chi connectivity index (χ1n) is 13.3. The zero-order valence-corrected chi connectivity index (χ0v) is 21.7. The number of benzene rings is 2. The second-order valence-corrected chi connectivity index (χ2v) is 10.8. The average molecular weight is 471 g/mol. The van der Waals surface area contributed by atoms with Crippen molar-refractivity contribution in [2.24, 2.45) is 0 Å². The first kappa shape index (κ1) is 22.5. The van der Waals surface area contributed by atoms with Gasteiger partial charge in [-0.3, -0.25) is 9.33 Å². The molecule has 6 nitrogen and oxygen atoms in total. The number of unbranched alkanes of at least 4 members (excludes halogenated alkanes) is 1. The molecule has 0 saturated carbocycles. The van der Waals surface area contributed by atoms with E-state index in [0.717, 1.165) is 54.7 Å². The Labute approximate surface area is 207 Å². The van der Waals surface area contributed by atoms with E-state index in [4.69, 9.17) is 9.05 Å². The van der Waals surface area contributed by atoms with Crippen LogP contribution in [0.1, 0.15) is 65.9 Å². The van der Waals surface area contributed by atoms with Gasteiger partial charge >= 0.3 is 12.8 Å². The van der Waals surface area contributed by atoms with Crippen molar-refractivity contribution in [3.05, 3.63) is 48.0 Å². The molecule has 7 heteroatoms. The Morgan fingerprint density at radius 3 is 2.54 bits per heavy atom. The van der Waals surface area contributed by atoms with Gasteiger partial charge in [-0.25, -0.2) is 0 Å². The molecule has 6 rings (SSSR count). The maximum Gasteiger partial charge on any atom is 0.508 e. The Kier molecular flexibility index (Phi) is 5.17. The predicted molar refractivity (Wildman–Crippen MR) is 142 cm³/mol. The Hall–Kier alpha value is -2.96. The number of fused-ring (bicyclic) bond motifs is 6. The van der Waals surface area contributed by atoms with Gasteiger partial charge in [0.05, 0.1) is 17.2 Å². The summed E-state index contributed by atoms with van der Waals surface area (Å²) >= 11 is 0. The lowest BCUT2D eigenvalue weighted by molar-refractivity contribution is -0.904. The Morgan fingerprint density at radius 2 is 1.77 bits per heavy atom. The van der Waals surface area contributed by atoms with Crippen molar-refractivity contribution in [1.29, 1.82) is 0 Å². The van der Waals surface area contributed by atoms with E-state index >= 15 is 0 Å². The number of hydrogen-bond acceptors (Lipinski definition) is 5. The lowest BCUT2D eigenvalue weighted by Crippen LogP contribution is -2.74. The van der Waals surface area contributed by atoms with Crippen LogP contribution in [0.3, 0.4) is 0 Å². The zero-order chi connectivity index (χ0) is 24.4. The summed E-state index contributed by atoms with van der Waals surface area (Å²) in [6.45, 7) is 13.6. The molecule has 2 aliphatic rings. The second-order valence-electron chi connectivity index (χ2n) is 10.8. The van der Waals surface area contributed by atoms with E-state index in [2.05, 4.69) is 96.6 Å². The molecule has 0 bridgehead atoms. The van der Waals surface area contributed by atoms with Gasteiger partial charge in [0.25, 0.3) is 0 Å².